The first kappa shape index (κ1) is 16.9. The van der Waals surface area contributed by atoms with Crippen molar-refractivity contribution in [2.75, 3.05) is 44.7 Å². The Bertz CT molecular complexity index is 715. The number of anilines is 1. The fraction of sp³-hybridized carbons (Fsp3) is 0.333. The molecule has 1 aliphatic rings. The van der Waals surface area contributed by atoms with Crippen molar-refractivity contribution >= 4 is 17.6 Å². The number of benzene rings is 1. The highest BCUT2D eigenvalue weighted by molar-refractivity contribution is 5.96. The fourth-order valence-corrected chi connectivity index (χ4v) is 2.82. The second kappa shape index (κ2) is 7.74. The van der Waals surface area contributed by atoms with Crippen LogP contribution >= 0.6 is 0 Å². The molecular weight excluding hydrogens is 318 g/mol. The molecule has 25 heavy (non-hydrogen) atoms. The highest BCUT2D eigenvalue weighted by atomic mass is 16.2. The highest BCUT2D eigenvalue weighted by Gasteiger charge is 2.24. The van der Waals surface area contributed by atoms with Gasteiger partial charge in [0.2, 0.25) is 5.91 Å². The van der Waals surface area contributed by atoms with Gasteiger partial charge in [0.25, 0.3) is 5.91 Å². The number of aromatic nitrogens is 2. The van der Waals surface area contributed by atoms with E-state index in [2.05, 4.69) is 14.9 Å². The number of amides is 2. The van der Waals surface area contributed by atoms with Crippen molar-refractivity contribution in [3.8, 4) is 0 Å². The third-order valence-electron chi connectivity index (χ3n) is 4.25. The van der Waals surface area contributed by atoms with Gasteiger partial charge in [-0.25, -0.2) is 4.98 Å². The van der Waals surface area contributed by atoms with E-state index in [0.29, 0.717) is 31.7 Å². The smallest absolute Gasteiger partial charge is 0.254 e. The lowest BCUT2D eigenvalue weighted by atomic mass is 10.2. The maximum atomic E-state index is 12.5. The largest absolute Gasteiger partial charge is 0.352 e. The van der Waals surface area contributed by atoms with Gasteiger partial charge in [0, 0.05) is 51.2 Å². The van der Waals surface area contributed by atoms with E-state index in [9.17, 15) is 9.59 Å². The lowest BCUT2D eigenvalue weighted by Gasteiger charge is -2.35. The zero-order valence-electron chi connectivity index (χ0n) is 14.2. The zero-order chi connectivity index (χ0) is 17.6. The molecule has 3 rings (SSSR count). The van der Waals surface area contributed by atoms with Crippen molar-refractivity contribution in [3.63, 3.8) is 0 Å². The maximum Gasteiger partial charge on any atom is 0.254 e. The third-order valence-corrected chi connectivity index (χ3v) is 4.25. The summed E-state index contributed by atoms with van der Waals surface area (Å²) < 4.78 is 0. The molecule has 0 radical (unpaired) electrons. The number of carbonyl (C=O) groups excluding carboxylic acids is 2. The molecule has 2 amide bonds. The molecule has 0 saturated carbocycles. The Kier molecular flexibility index (Phi) is 5.23. The summed E-state index contributed by atoms with van der Waals surface area (Å²) in [6.07, 6.45) is 5.03. The van der Waals surface area contributed by atoms with E-state index in [4.69, 9.17) is 0 Å². The van der Waals surface area contributed by atoms with Crippen molar-refractivity contribution in [2.24, 2.45) is 0 Å². The molecule has 0 N–H and O–H groups in total. The summed E-state index contributed by atoms with van der Waals surface area (Å²) in [5, 5.41) is 0. The van der Waals surface area contributed by atoms with Crippen LogP contribution in [0.2, 0.25) is 0 Å². The molecule has 2 aromatic rings. The van der Waals surface area contributed by atoms with Crippen LogP contribution in [0.3, 0.4) is 0 Å². The number of likely N-dealkylation sites (N-methyl/N-ethyl adjacent to an activating group) is 1. The van der Waals surface area contributed by atoms with Crippen molar-refractivity contribution in [3.05, 3.63) is 54.5 Å². The van der Waals surface area contributed by atoms with Gasteiger partial charge in [-0.15, -0.1) is 0 Å². The number of piperazine rings is 1. The molecule has 2 heterocycles. The summed E-state index contributed by atoms with van der Waals surface area (Å²) in [5.74, 6) is 0.642. The Morgan fingerprint density at radius 2 is 1.80 bits per heavy atom. The van der Waals surface area contributed by atoms with Gasteiger partial charge in [-0.3, -0.25) is 14.6 Å². The minimum Gasteiger partial charge on any atom is -0.352 e. The topological polar surface area (TPSA) is 69.6 Å². The van der Waals surface area contributed by atoms with Crippen LogP contribution < -0.4 is 4.90 Å². The minimum atomic E-state index is -0.146. The first-order valence-electron chi connectivity index (χ1n) is 8.24. The van der Waals surface area contributed by atoms with Gasteiger partial charge in [0.15, 0.2) is 0 Å². The van der Waals surface area contributed by atoms with E-state index in [0.717, 1.165) is 5.82 Å². The molecule has 0 atom stereocenters. The van der Waals surface area contributed by atoms with Crippen molar-refractivity contribution in [1.82, 2.24) is 19.8 Å². The summed E-state index contributed by atoms with van der Waals surface area (Å²) in [5.41, 5.74) is 0.588. The molecule has 7 nitrogen and oxygen atoms in total. The van der Waals surface area contributed by atoms with Crippen LogP contribution in [0.25, 0.3) is 0 Å². The van der Waals surface area contributed by atoms with Gasteiger partial charge in [-0.05, 0) is 12.1 Å². The zero-order valence-corrected chi connectivity index (χ0v) is 14.2. The Hall–Kier alpha value is -2.96. The lowest BCUT2D eigenvalue weighted by molar-refractivity contribution is -0.131. The van der Waals surface area contributed by atoms with E-state index in [-0.39, 0.29) is 18.4 Å². The van der Waals surface area contributed by atoms with Gasteiger partial charge in [0.05, 0.1) is 12.7 Å². The quantitative estimate of drug-likeness (QED) is 0.828. The molecule has 1 aliphatic heterocycles. The normalized spacial score (nSPS) is 14.3. The molecule has 1 fully saturated rings. The van der Waals surface area contributed by atoms with E-state index >= 15 is 0 Å². The Labute approximate surface area is 146 Å². The average molecular weight is 339 g/mol. The molecule has 0 aliphatic carbocycles. The summed E-state index contributed by atoms with van der Waals surface area (Å²) >= 11 is 0. The van der Waals surface area contributed by atoms with Crippen LogP contribution in [-0.4, -0.2) is 71.4 Å². The van der Waals surface area contributed by atoms with Crippen LogP contribution in [0, 0.1) is 0 Å². The van der Waals surface area contributed by atoms with E-state index in [1.807, 2.05) is 18.2 Å². The Morgan fingerprint density at radius 1 is 1.08 bits per heavy atom. The lowest BCUT2D eigenvalue weighted by Crippen LogP contribution is -2.51. The summed E-state index contributed by atoms with van der Waals surface area (Å²) in [6, 6.07) is 8.99. The van der Waals surface area contributed by atoms with Crippen LogP contribution in [-0.2, 0) is 4.79 Å². The first-order valence-corrected chi connectivity index (χ1v) is 8.24. The van der Waals surface area contributed by atoms with Crippen molar-refractivity contribution in [2.45, 2.75) is 0 Å². The SMILES string of the molecule is CN(CC(=O)N1CCN(c2cnccn2)CC1)C(=O)c1ccccc1. The molecule has 0 unspecified atom stereocenters. The molecular formula is C18H21N5O2. The van der Waals surface area contributed by atoms with Gasteiger partial charge < -0.3 is 14.7 Å². The third kappa shape index (κ3) is 4.12. The Balaban J connectivity index is 1.52. The molecule has 130 valence electrons. The van der Waals surface area contributed by atoms with E-state index in [1.54, 1.807) is 42.7 Å². The van der Waals surface area contributed by atoms with Crippen LogP contribution in [0.1, 0.15) is 10.4 Å². The van der Waals surface area contributed by atoms with Crippen molar-refractivity contribution < 1.29 is 9.59 Å². The molecule has 1 saturated heterocycles. The van der Waals surface area contributed by atoms with E-state index < -0.39 is 0 Å². The average Bonchev–Trinajstić information content (AvgIpc) is 2.68. The molecule has 1 aromatic carbocycles. The van der Waals surface area contributed by atoms with Crippen molar-refractivity contribution in [1.29, 1.82) is 0 Å². The molecule has 7 heteroatoms. The number of carbonyl (C=O) groups is 2. The molecule has 0 spiro atoms. The summed E-state index contributed by atoms with van der Waals surface area (Å²) in [6.45, 7) is 2.73. The minimum absolute atomic E-state index is 0.0365. The summed E-state index contributed by atoms with van der Waals surface area (Å²) in [4.78, 5) is 38.5. The molecule has 0 bridgehead atoms. The van der Waals surface area contributed by atoms with E-state index in [1.165, 1.54) is 4.90 Å². The van der Waals surface area contributed by atoms with Gasteiger partial charge in [0.1, 0.15) is 5.82 Å². The first-order chi connectivity index (χ1) is 12.1. The maximum absolute atomic E-state index is 12.5. The number of nitrogens with zero attached hydrogens (tertiary/aromatic N) is 5. The number of hydrogen-bond acceptors (Lipinski definition) is 5. The second-order valence-corrected chi connectivity index (χ2v) is 5.96. The number of hydrogen-bond donors (Lipinski definition) is 0. The number of rotatable bonds is 4. The van der Waals surface area contributed by atoms with Crippen LogP contribution in [0.15, 0.2) is 48.9 Å². The standard InChI is InChI=1S/C18H21N5O2/c1-21(18(25)15-5-3-2-4-6-15)14-17(24)23-11-9-22(10-12-23)16-13-19-7-8-20-16/h2-8,13H,9-12,14H2,1H3. The Morgan fingerprint density at radius 3 is 2.44 bits per heavy atom. The predicted molar refractivity (Wildman–Crippen MR) is 94.2 cm³/mol. The van der Waals surface area contributed by atoms with Gasteiger partial charge in [-0.2, -0.15) is 0 Å². The molecule has 1 aromatic heterocycles. The van der Waals surface area contributed by atoms with Crippen LogP contribution in [0.4, 0.5) is 5.82 Å². The predicted octanol–water partition coefficient (Wildman–Crippen LogP) is 0.897. The second-order valence-electron chi connectivity index (χ2n) is 5.96. The van der Waals surface area contributed by atoms with Gasteiger partial charge >= 0.3 is 0 Å². The summed E-state index contributed by atoms with van der Waals surface area (Å²) in [7, 11) is 1.66. The monoisotopic (exact) mass is 339 g/mol. The van der Waals surface area contributed by atoms with Crippen LogP contribution in [0.5, 0.6) is 0 Å². The highest BCUT2D eigenvalue weighted by Crippen LogP contribution is 2.12. The van der Waals surface area contributed by atoms with Gasteiger partial charge in [-0.1, -0.05) is 18.2 Å². The fourth-order valence-electron chi connectivity index (χ4n) is 2.82.